The van der Waals surface area contributed by atoms with Crippen LogP contribution in [0.15, 0.2) is 36.4 Å². The van der Waals surface area contributed by atoms with Crippen molar-refractivity contribution in [3.05, 3.63) is 64.7 Å². The highest BCUT2D eigenvalue weighted by molar-refractivity contribution is 5.91. The molecule has 24 heavy (non-hydrogen) atoms. The molecular weight excluding hydrogens is 312 g/mol. The summed E-state index contributed by atoms with van der Waals surface area (Å²) in [4.78, 5) is 12.0. The Balaban J connectivity index is 2.11. The van der Waals surface area contributed by atoms with E-state index in [0.717, 1.165) is 30.5 Å². The molecule has 0 amide bonds. The Bertz CT molecular complexity index is 756. The first-order chi connectivity index (χ1) is 11.4. The number of hydrogen-bond acceptors (Lipinski definition) is 3. The third-order valence-electron chi connectivity index (χ3n) is 3.81. The number of nitriles is 1. The summed E-state index contributed by atoms with van der Waals surface area (Å²) in [5.41, 5.74) is 0.689. The summed E-state index contributed by atoms with van der Waals surface area (Å²) in [5.74, 6) is -2.58. The van der Waals surface area contributed by atoms with E-state index in [2.05, 4.69) is 13.8 Å². The Hall–Kier alpha value is -2.74. The number of rotatable bonds is 5. The summed E-state index contributed by atoms with van der Waals surface area (Å²) in [6, 6.07) is 9.96. The van der Waals surface area contributed by atoms with Gasteiger partial charge in [-0.1, -0.05) is 32.4 Å². The lowest BCUT2D eigenvalue weighted by atomic mass is 9.98. The maximum absolute atomic E-state index is 13.5. The molecule has 0 spiro atoms. The van der Waals surface area contributed by atoms with Gasteiger partial charge in [0.25, 0.3) is 0 Å². The summed E-state index contributed by atoms with van der Waals surface area (Å²) >= 11 is 0. The van der Waals surface area contributed by atoms with Crippen LogP contribution in [0, 0.1) is 28.9 Å². The first kappa shape index (κ1) is 17.6. The van der Waals surface area contributed by atoms with Gasteiger partial charge in [-0.15, -0.1) is 0 Å². The van der Waals surface area contributed by atoms with Gasteiger partial charge in [0, 0.05) is 12.1 Å². The van der Waals surface area contributed by atoms with Gasteiger partial charge in [-0.2, -0.15) is 5.26 Å². The van der Waals surface area contributed by atoms with Gasteiger partial charge in [0.1, 0.15) is 29.0 Å². The summed E-state index contributed by atoms with van der Waals surface area (Å²) < 4.78 is 32.0. The van der Waals surface area contributed by atoms with E-state index in [4.69, 9.17) is 10.00 Å². The molecule has 0 heterocycles. The van der Waals surface area contributed by atoms with Crippen LogP contribution >= 0.6 is 0 Å². The minimum atomic E-state index is -1.07. The number of esters is 1. The molecule has 0 aliphatic rings. The minimum Gasteiger partial charge on any atom is -0.423 e. The summed E-state index contributed by atoms with van der Waals surface area (Å²) in [7, 11) is 0. The van der Waals surface area contributed by atoms with Crippen LogP contribution in [0.4, 0.5) is 8.78 Å². The van der Waals surface area contributed by atoms with Gasteiger partial charge in [0.05, 0.1) is 5.56 Å². The molecular formula is C19H17F2NO2. The summed E-state index contributed by atoms with van der Waals surface area (Å²) in [5, 5.41) is 8.62. The third-order valence-corrected chi connectivity index (χ3v) is 3.81. The number of carbonyl (C=O) groups excluding carboxylic acids is 1. The zero-order valence-electron chi connectivity index (χ0n) is 13.5. The van der Waals surface area contributed by atoms with Crippen LogP contribution in [0.5, 0.6) is 5.75 Å². The second-order valence-corrected chi connectivity index (χ2v) is 5.68. The van der Waals surface area contributed by atoms with Crippen molar-refractivity contribution in [1.29, 1.82) is 5.26 Å². The molecule has 0 bridgehead atoms. The Labute approximate surface area is 139 Å². The fourth-order valence-corrected chi connectivity index (χ4v) is 2.21. The van der Waals surface area contributed by atoms with Gasteiger partial charge in [-0.05, 0) is 30.0 Å². The van der Waals surface area contributed by atoms with Crippen molar-refractivity contribution in [2.75, 3.05) is 0 Å². The van der Waals surface area contributed by atoms with Gasteiger partial charge in [-0.25, -0.2) is 13.6 Å². The van der Waals surface area contributed by atoms with Crippen molar-refractivity contribution in [3.63, 3.8) is 0 Å². The van der Waals surface area contributed by atoms with Crippen molar-refractivity contribution >= 4 is 5.97 Å². The number of hydrogen-bond donors (Lipinski definition) is 0. The zero-order chi connectivity index (χ0) is 17.7. The molecule has 0 aliphatic carbocycles. The highest BCUT2D eigenvalue weighted by atomic mass is 19.1. The van der Waals surface area contributed by atoms with E-state index in [9.17, 15) is 13.6 Å². The first-order valence-electron chi connectivity index (χ1n) is 7.64. The van der Waals surface area contributed by atoms with Crippen molar-refractivity contribution in [2.45, 2.75) is 26.7 Å². The summed E-state index contributed by atoms with van der Waals surface area (Å²) in [6.45, 7) is 4.27. The van der Waals surface area contributed by atoms with E-state index in [-0.39, 0.29) is 11.3 Å². The quantitative estimate of drug-likeness (QED) is 0.593. The van der Waals surface area contributed by atoms with Crippen molar-refractivity contribution < 1.29 is 18.3 Å². The molecule has 5 heteroatoms. The van der Waals surface area contributed by atoms with Gasteiger partial charge in [-0.3, -0.25) is 0 Å². The smallest absolute Gasteiger partial charge is 0.343 e. The number of ether oxygens (including phenoxy) is 1. The maximum Gasteiger partial charge on any atom is 0.343 e. The molecule has 0 aliphatic heterocycles. The molecule has 124 valence electrons. The maximum atomic E-state index is 13.5. The number of benzene rings is 2. The van der Waals surface area contributed by atoms with Crippen molar-refractivity contribution in [1.82, 2.24) is 0 Å². The molecule has 1 unspecified atom stereocenters. The normalized spacial score (nSPS) is 11.6. The SMILES string of the molecule is CCC(C)Cc1ccc(C(=O)Oc2cc(F)c(C#N)c(F)c2)cc1. The van der Waals surface area contributed by atoms with Crippen LogP contribution in [0.1, 0.15) is 41.8 Å². The molecule has 0 radical (unpaired) electrons. The second kappa shape index (κ2) is 7.69. The van der Waals surface area contributed by atoms with Gasteiger partial charge >= 0.3 is 5.97 Å². The predicted octanol–water partition coefficient (Wildman–Crippen LogP) is 4.64. The van der Waals surface area contributed by atoms with Crippen LogP contribution in [0.25, 0.3) is 0 Å². The molecule has 0 aromatic heterocycles. The Kier molecular flexibility index (Phi) is 5.64. The van der Waals surface area contributed by atoms with Crippen LogP contribution in [-0.2, 0) is 6.42 Å². The molecule has 3 nitrogen and oxygen atoms in total. The van der Waals surface area contributed by atoms with E-state index >= 15 is 0 Å². The van der Waals surface area contributed by atoms with Crippen LogP contribution in [0.2, 0.25) is 0 Å². The highest BCUT2D eigenvalue weighted by Gasteiger charge is 2.15. The van der Waals surface area contributed by atoms with Crippen LogP contribution in [-0.4, -0.2) is 5.97 Å². The van der Waals surface area contributed by atoms with E-state index < -0.39 is 23.2 Å². The molecule has 0 fully saturated rings. The van der Waals surface area contributed by atoms with Crippen LogP contribution < -0.4 is 4.74 Å². The predicted molar refractivity (Wildman–Crippen MR) is 85.6 cm³/mol. The van der Waals surface area contributed by atoms with Crippen molar-refractivity contribution in [3.8, 4) is 11.8 Å². The topological polar surface area (TPSA) is 50.1 Å². The van der Waals surface area contributed by atoms with E-state index in [1.54, 1.807) is 12.1 Å². The monoisotopic (exact) mass is 329 g/mol. The lowest BCUT2D eigenvalue weighted by Crippen LogP contribution is -2.09. The van der Waals surface area contributed by atoms with Gasteiger partial charge in [0.2, 0.25) is 0 Å². The second-order valence-electron chi connectivity index (χ2n) is 5.68. The molecule has 0 N–H and O–H groups in total. The fourth-order valence-electron chi connectivity index (χ4n) is 2.21. The largest absolute Gasteiger partial charge is 0.423 e. The molecule has 2 aromatic carbocycles. The Morgan fingerprint density at radius 3 is 2.29 bits per heavy atom. The van der Waals surface area contributed by atoms with E-state index in [0.29, 0.717) is 5.92 Å². The summed E-state index contributed by atoms with van der Waals surface area (Å²) in [6.07, 6.45) is 1.98. The van der Waals surface area contributed by atoms with Gasteiger partial charge in [0.15, 0.2) is 0 Å². The standard InChI is InChI=1S/C19H17F2NO2/c1-3-12(2)8-13-4-6-14(7-5-13)19(23)24-15-9-17(20)16(11-22)18(21)10-15/h4-7,9-10,12H,3,8H2,1-2H3. The third kappa shape index (κ3) is 4.17. The first-order valence-corrected chi connectivity index (χ1v) is 7.64. The number of carbonyl (C=O) groups is 1. The van der Waals surface area contributed by atoms with E-state index in [1.165, 1.54) is 6.07 Å². The number of nitrogens with zero attached hydrogens (tertiary/aromatic N) is 1. The zero-order valence-corrected chi connectivity index (χ0v) is 13.5. The average Bonchev–Trinajstić information content (AvgIpc) is 2.55. The molecule has 2 rings (SSSR count). The Morgan fingerprint density at radius 2 is 1.79 bits per heavy atom. The lowest BCUT2D eigenvalue weighted by Gasteiger charge is -2.09. The molecule has 2 aromatic rings. The van der Waals surface area contributed by atoms with Gasteiger partial charge < -0.3 is 4.74 Å². The highest BCUT2D eigenvalue weighted by Crippen LogP contribution is 2.21. The van der Waals surface area contributed by atoms with E-state index in [1.807, 2.05) is 12.1 Å². The minimum absolute atomic E-state index is 0.280. The lowest BCUT2D eigenvalue weighted by molar-refractivity contribution is 0.0734. The average molecular weight is 329 g/mol. The van der Waals surface area contributed by atoms with Crippen LogP contribution in [0.3, 0.4) is 0 Å². The fraction of sp³-hybridized carbons (Fsp3) is 0.263. The number of halogens is 2. The molecule has 1 atom stereocenters. The molecule has 0 saturated carbocycles. The molecule has 0 saturated heterocycles. The van der Waals surface area contributed by atoms with Crippen molar-refractivity contribution in [2.24, 2.45) is 5.92 Å². The Morgan fingerprint density at radius 1 is 1.21 bits per heavy atom.